The van der Waals surface area contributed by atoms with E-state index < -0.39 is 12.6 Å². The Morgan fingerprint density at radius 3 is 2.67 bits per heavy atom. The van der Waals surface area contributed by atoms with Crippen molar-refractivity contribution in [2.75, 3.05) is 13.7 Å². The van der Waals surface area contributed by atoms with Crippen LogP contribution < -0.4 is 9.47 Å². The number of aliphatic carboxylic acids is 1. The minimum Gasteiger partial charge on any atom is -0.493 e. The highest BCUT2D eigenvalue weighted by molar-refractivity contribution is 14.1. The first-order chi connectivity index (χ1) is 11.4. The van der Waals surface area contributed by atoms with E-state index >= 15 is 0 Å². The van der Waals surface area contributed by atoms with Crippen LogP contribution in [0.1, 0.15) is 16.7 Å². The molecule has 126 valence electrons. The fourth-order valence-electron chi connectivity index (χ4n) is 2.18. The molecule has 1 N–H and O–H groups in total. The van der Waals surface area contributed by atoms with E-state index in [9.17, 15) is 4.79 Å². The number of hydrogen-bond acceptors (Lipinski definition) is 4. The van der Waals surface area contributed by atoms with Gasteiger partial charge in [-0.1, -0.05) is 17.7 Å². The predicted octanol–water partition coefficient (Wildman–Crippen LogP) is 4.13. The number of carboxylic acids is 1. The first-order valence-corrected chi connectivity index (χ1v) is 8.32. The van der Waals surface area contributed by atoms with E-state index in [1.54, 1.807) is 12.3 Å². The number of aryl methyl sites for hydroxylation is 2. The van der Waals surface area contributed by atoms with Crippen molar-refractivity contribution >= 4 is 40.5 Å². The van der Waals surface area contributed by atoms with Crippen LogP contribution >= 0.6 is 22.6 Å². The Kier molecular flexibility index (Phi) is 6.19. The summed E-state index contributed by atoms with van der Waals surface area (Å²) in [5, 5.41) is 8.75. The first-order valence-electron chi connectivity index (χ1n) is 7.24. The maximum Gasteiger partial charge on any atom is 0.341 e. The van der Waals surface area contributed by atoms with Gasteiger partial charge in [0.2, 0.25) is 0 Å². The quantitative estimate of drug-likeness (QED) is 0.543. The van der Waals surface area contributed by atoms with Crippen LogP contribution in [0.15, 0.2) is 35.3 Å². The van der Waals surface area contributed by atoms with E-state index in [1.807, 2.05) is 32.0 Å². The fraction of sp³-hybridized carbons (Fsp3) is 0.222. The van der Waals surface area contributed by atoms with Crippen LogP contribution in [0.5, 0.6) is 11.5 Å². The van der Waals surface area contributed by atoms with Gasteiger partial charge in [0.15, 0.2) is 18.1 Å². The molecule has 0 fully saturated rings. The summed E-state index contributed by atoms with van der Waals surface area (Å²) < 4.78 is 11.4. The number of ether oxygens (including phenoxy) is 2. The maximum atomic E-state index is 10.7. The minimum atomic E-state index is -1.03. The number of benzene rings is 2. The highest BCUT2D eigenvalue weighted by Gasteiger charge is 2.12. The van der Waals surface area contributed by atoms with E-state index in [4.69, 9.17) is 14.6 Å². The summed E-state index contributed by atoms with van der Waals surface area (Å²) in [6, 6.07) is 9.72. The lowest BCUT2D eigenvalue weighted by molar-refractivity contribution is -0.139. The molecule has 0 spiro atoms. The molecule has 0 aromatic heterocycles. The third kappa shape index (κ3) is 4.70. The van der Waals surface area contributed by atoms with Gasteiger partial charge in [0, 0.05) is 6.21 Å². The summed E-state index contributed by atoms with van der Waals surface area (Å²) in [5.74, 6) is -0.136. The number of carboxylic acid groups (broad SMARTS) is 1. The van der Waals surface area contributed by atoms with Gasteiger partial charge in [-0.3, -0.25) is 4.99 Å². The van der Waals surface area contributed by atoms with Crippen molar-refractivity contribution in [3.05, 3.63) is 50.6 Å². The Hall–Kier alpha value is -2.09. The van der Waals surface area contributed by atoms with Crippen LogP contribution in [-0.4, -0.2) is 31.0 Å². The van der Waals surface area contributed by atoms with Gasteiger partial charge in [0.05, 0.1) is 16.4 Å². The number of methoxy groups -OCH3 is 1. The zero-order valence-corrected chi connectivity index (χ0v) is 15.8. The lowest BCUT2D eigenvalue weighted by Crippen LogP contribution is -2.11. The van der Waals surface area contributed by atoms with Crippen molar-refractivity contribution in [1.29, 1.82) is 0 Å². The Balaban J connectivity index is 2.29. The lowest BCUT2D eigenvalue weighted by Gasteiger charge is -2.12. The molecule has 2 aromatic rings. The zero-order valence-electron chi connectivity index (χ0n) is 13.7. The fourth-order valence-corrected chi connectivity index (χ4v) is 2.96. The third-order valence-corrected chi connectivity index (χ3v) is 4.10. The minimum absolute atomic E-state index is 0.414. The molecule has 0 saturated heterocycles. The highest BCUT2D eigenvalue weighted by Crippen LogP contribution is 2.33. The molecule has 0 aliphatic rings. The first kappa shape index (κ1) is 18.3. The van der Waals surface area contributed by atoms with Crippen molar-refractivity contribution in [1.82, 2.24) is 0 Å². The summed E-state index contributed by atoms with van der Waals surface area (Å²) in [6.07, 6.45) is 1.75. The van der Waals surface area contributed by atoms with Gasteiger partial charge in [-0.2, -0.15) is 0 Å². The van der Waals surface area contributed by atoms with Gasteiger partial charge < -0.3 is 14.6 Å². The largest absolute Gasteiger partial charge is 0.493 e. The standard InChI is InChI=1S/C18H18INO4/c1-11-4-5-15(12(2)6-11)20-9-13-7-14(19)18(16(8-13)23-3)24-10-17(21)22/h4-9H,10H2,1-3H3,(H,21,22). The van der Waals surface area contributed by atoms with Crippen molar-refractivity contribution in [2.45, 2.75) is 13.8 Å². The number of hydrogen-bond donors (Lipinski definition) is 1. The van der Waals surface area contributed by atoms with Gasteiger partial charge in [-0.15, -0.1) is 0 Å². The monoisotopic (exact) mass is 439 g/mol. The van der Waals surface area contributed by atoms with Crippen molar-refractivity contribution in [3.63, 3.8) is 0 Å². The van der Waals surface area contributed by atoms with Crippen LogP contribution in [-0.2, 0) is 4.79 Å². The third-order valence-electron chi connectivity index (χ3n) is 3.30. The second-order valence-electron chi connectivity index (χ2n) is 5.26. The number of aliphatic imine (C=N–C) groups is 1. The molecular formula is C18H18INO4. The Morgan fingerprint density at radius 1 is 1.29 bits per heavy atom. The van der Waals surface area contributed by atoms with Crippen molar-refractivity contribution in [2.24, 2.45) is 4.99 Å². The van der Waals surface area contributed by atoms with Gasteiger partial charge in [-0.25, -0.2) is 4.79 Å². The van der Waals surface area contributed by atoms with E-state index in [0.717, 1.165) is 20.4 Å². The van der Waals surface area contributed by atoms with E-state index in [1.165, 1.54) is 12.7 Å². The number of rotatable bonds is 6. The molecule has 0 aliphatic carbocycles. The zero-order chi connectivity index (χ0) is 17.7. The average molecular weight is 439 g/mol. The maximum absolute atomic E-state index is 10.7. The summed E-state index contributed by atoms with van der Waals surface area (Å²) in [7, 11) is 1.52. The van der Waals surface area contributed by atoms with Crippen molar-refractivity contribution < 1.29 is 19.4 Å². The topological polar surface area (TPSA) is 68.1 Å². The normalized spacial score (nSPS) is 10.8. The second kappa shape index (κ2) is 8.14. The molecule has 0 radical (unpaired) electrons. The molecule has 0 aliphatic heterocycles. The predicted molar refractivity (Wildman–Crippen MR) is 102 cm³/mol. The summed E-state index contributed by atoms with van der Waals surface area (Å²) in [5.41, 5.74) is 4.05. The number of nitrogens with zero attached hydrogens (tertiary/aromatic N) is 1. The Morgan fingerprint density at radius 2 is 2.04 bits per heavy atom. The van der Waals surface area contributed by atoms with Gasteiger partial charge in [0.25, 0.3) is 0 Å². The Bertz CT molecular complexity index is 787. The summed E-state index contributed by atoms with van der Waals surface area (Å²) in [4.78, 5) is 15.2. The molecule has 2 rings (SSSR count). The molecule has 0 saturated carbocycles. The van der Waals surface area contributed by atoms with Crippen molar-refractivity contribution in [3.8, 4) is 11.5 Å². The average Bonchev–Trinajstić information content (AvgIpc) is 2.52. The molecule has 0 bridgehead atoms. The van der Waals surface area contributed by atoms with E-state index in [-0.39, 0.29) is 0 Å². The summed E-state index contributed by atoms with van der Waals surface area (Å²) >= 11 is 2.09. The van der Waals surface area contributed by atoms with Crippen LogP contribution in [0.25, 0.3) is 0 Å². The molecular weight excluding hydrogens is 421 g/mol. The van der Waals surface area contributed by atoms with Crippen LogP contribution in [0, 0.1) is 17.4 Å². The molecule has 2 aromatic carbocycles. The second-order valence-corrected chi connectivity index (χ2v) is 6.43. The van der Waals surface area contributed by atoms with E-state index in [0.29, 0.717) is 11.5 Å². The summed E-state index contributed by atoms with van der Waals surface area (Å²) in [6.45, 7) is 3.65. The molecule has 5 nitrogen and oxygen atoms in total. The molecule has 0 unspecified atom stereocenters. The van der Waals surface area contributed by atoms with Crippen LogP contribution in [0.2, 0.25) is 0 Å². The smallest absolute Gasteiger partial charge is 0.341 e. The molecule has 0 heterocycles. The molecule has 6 heteroatoms. The van der Waals surface area contributed by atoms with Gasteiger partial charge in [-0.05, 0) is 65.8 Å². The Labute approximate surface area is 154 Å². The SMILES string of the molecule is COc1cc(C=Nc2ccc(C)cc2C)cc(I)c1OCC(=O)O. The van der Waals surface area contributed by atoms with Gasteiger partial charge >= 0.3 is 5.97 Å². The number of carbonyl (C=O) groups is 1. The number of halogens is 1. The highest BCUT2D eigenvalue weighted by atomic mass is 127. The van der Waals surface area contributed by atoms with Gasteiger partial charge in [0.1, 0.15) is 0 Å². The van der Waals surface area contributed by atoms with E-state index in [2.05, 4.69) is 33.6 Å². The lowest BCUT2D eigenvalue weighted by atomic mass is 10.1. The molecule has 0 amide bonds. The molecule has 0 atom stereocenters. The van der Waals surface area contributed by atoms with Crippen LogP contribution in [0.3, 0.4) is 0 Å². The van der Waals surface area contributed by atoms with Crippen LogP contribution in [0.4, 0.5) is 5.69 Å². The molecule has 24 heavy (non-hydrogen) atoms.